The van der Waals surface area contributed by atoms with Gasteiger partial charge in [-0.3, -0.25) is 0 Å². The molecule has 0 bridgehead atoms. The van der Waals surface area contributed by atoms with Crippen LogP contribution in [0.3, 0.4) is 0 Å². The monoisotopic (exact) mass is 245 g/mol. The molecule has 0 saturated heterocycles. The van der Waals surface area contributed by atoms with E-state index >= 15 is 0 Å². The van der Waals surface area contributed by atoms with Gasteiger partial charge in [-0.2, -0.15) is 0 Å². The molecule has 5 nitrogen and oxygen atoms in total. The molecular weight excluding hydrogens is 230 g/mol. The molecule has 1 rings (SSSR count). The number of aliphatic hydroxyl groups excluding tert-OH is 1. The fourth-order valence-electron chi connectivity index (χ4n) is 1.10. The number of hydrogen-bond donors (Lipinski definition) is 4. The first-order chi connectivity index (χ1) is 7.44. The van der Waals surface area contributed by atoms with Gasteiger partial charge in [0.2, 0.25) is 0 Å². The summed E-state index contributed by atoms with van der Waals surface area (Å²) in [6.07, 6.45) is 0. The SMILES string of the molecule is CC(O)(CO)CNCc1ccc(C(=O)O)s1. The summed E-state index contributed by atoms with van der Waals surface area (Å²) < 4.78 is 0. The molecule has 4 N–H and O–H groups in total. The Morgan fingerprint density at radius 1 is 1.56 bits per heavy atom. The molecule has 0 fully saturated rings. The molecule has 1 unspecified atom stereocenters. The van der Waals surface area contributed by atoms with Crippen LogP contribution in [0.25, 0.3) is 0 Å². The third kappa shape index (κ3) is 3.90. The minimum Gasteiger partial charge on any atom is -0.477 e. The van der Waals surface area contributed by atoms with E-state index in [-0.39, 0.29) is 13.2 Å². The summed E-state index contributed by atoms with van der Waals surface area (Å²) in [4.78, 5) is 11.8. The molecule has 6 heteroatoms. The Kier molecular flexibility index (Phi) is 4.43. The highest BCUT2D eigenvalue weighted by molar-refractivity contribution is 7.13. The van der Waals surface area contributed by atoms with Crippen molar-refractivity contribution in [3.05, 3.63) is 21.9 Å². The van der Waals surface area contributed by atoms with Gasteiger partial charge >= 0.3 is 5.97 Å². The first-order valence-electron chi connectivity index (χ1n) is 4.80. The maximum absolute atomic E-state index is 10.6. The predicted octanol–water partition coefficient (Wildman–Crippen LogP) is 0.279. The molecule has 0 saturated carbocycles. The zero-order valence-electron chi connectivity index (χ0n) is 8.93. The third-order valence-electron chi connectivity index (χ3n) is 2.02. The average molecular weight is 245 g/mol. The van der Waals surface area contributed by atoms with Crippen LogP contribution >= 0.6 is 11.3 Å². The number of carbonyl (C=O) groups is 1. The van der Waals surface area contributed by atoms with Gasteiger partial charge < -0.3 is 20.6 Å². The van der Waals surface area contributed by atoms with Crippen molar-refractivity contribution in [1.29, 1.82) is 0 Å². The molecule has 0 amide bonds. The lowest BCUT2D eigenvalue weighted by atomic mass is 10.1. The molecule has 1 aromatic heterocycles. The fraction of sp³-hybridized carbons (Fsp3) is 0.500. The lowest BCUT2D eigenvalue weighted by molar-refractivity contribution is 0.00258. The summed E-state index contributed by atoms with van der Waals surface area (Å²) in [6, 6.07) is 3.28. The number of hydrogen-bond acceptors (Lipinski definition) is 5. The second-order valence-electron chi connectivity index (χ2n) is 3.83. The van der Waals surface area contributed by atoms with Gasteiger partial charge in [0.15, 0.2) is 0 Å². The van der Waals surface area contributed by atoms with Gasteiger partial charge in [0, 0.05) is 18.0 Å². The first-order valence-corrected chi connectivity index (χ1v) is 5.62. The lowest BCUT2D eigenvalue weighted by Gasteiger charge is -2.20. The molecule has 0 spiro atoms. The largest absolute Gasteiger partial charge is 0.477 e. The summed E-state index contributed by atoms with van der Waals surface area (Å²) in [5.41, 5.74) is -1.15. The number of aliphatic hydroxyl groups is 2. The minimum atomic E-state index is -1.15. The standard InChI is InChI=1S/C10H15NO4S/c1-10(15,6-12)5-11-4-7-2-3-8(16-7)9(13)14/h2-3,11-12,15H,4-6H2,1H3,(H,13,14). The second-order valence-corrected chi connectivity index (χ2v) is 5.00. The van der Waals surface area contributed by atoms with E-state index in [9.17, 15) is 9.90 Å². The Balaban J connectivity index is 2.40. The Morgan fingerprint density at radius 3 is 2.75 bits per heavy atom. The molecule has 1 atom stereocenters. The van der Waals surface area contributed by atoms with Gasteiger partial charge in [-0.1, -0.05) is 0 Å². The number of rotatable bonds is 6. The highest BCUT2D eigenvalue weighted by Gasteiger charge is 2.18. The maximum atomic E-state index is 10.6. The van der Waals surface area contributed by atoms with Gasteiger partial charge in [-0.25, -0.2) is 4.79 Å². The zero-order chi connectivity index (χ0) is 12.2. The second kappa shape index (κ2) is 5.40. The average Bonchev–Trinajstić information content (AvgIpc) is 2.66. The lowest BCUT2D eigenvalue weighted by Crippen LogP contribution is -2.40. The summed E-state index contributed by atoms with van der Waals surface area (Å²) in [7, 11) is 0. The Labute approximate surface area is 97.4 Å². The van der Waals surface area contributed by atoms with Crippen molar-refractivity contribution in [2.45, 2.75) is 19.1 Å². The number of carboxylic acids is 1. The van der Waals surface area contributed by atoms with Crippen LogP contribution in [0.15, 0.2) is 12.1 Å². The van der Waals surface area contributed by atoms with Crippen LogP contribution in [0.4, 0.5) is 0 Å². The van der Waals surface area contributed by atoms with Crippen LogP contribution in [0.1, 0.15) is 21.5 Å². The number of carboxylic acid groups (broad SMARTS) is 1. The molecule has 1 aromatic rings. The van der Waals surface area contributed by atoms with Gasteiger partial charge in [0.05, 0.1) is 12.2 Å². The molecule has 16 heavy (non-hydrogen) atoms. The molecule has 90 valence electrons. The molecule has 1 heterocycles. The highest BCUT2D eigenvalue weighted by Crippen LogP contribution is 2.16. The topological polar surface area (TPSA) is 89.8 Å². The van der Waals surface area contributed by atoms with Gasteiger partial charge in [0.25, 0.3) is 0 Å². The predicted molar refractivity (Wildman–Crippen MR) is 60.7 cm³/mol. The summed E-state index contributed by atoms with van der Waals surface area (Å²) >= 11 is 1.19. The quantitative estimate of drug-likeness (QED) is 0.578. The van der Waals surface area contributed by atoms with Crippen molar-refractivity contribution < 1.29 is 20.1 Å². The molecule has 0 aliphatic heterocycles. The van der Waals surface area contributed by atoms with E-state index in [4.69, 9.17) is 10.2 Å². The molecule has 0 aliphatic rings. The van der Waals surface area contributed by atoms with Crippen molar-refractivity contribution in [3.8, 4) is 0 Å². The van der Waals surface area contributed by atoms with Crippen LogP contribution < -0.4 is 5.32 Å². The number of nitrogens with one attached hydrogen (secondary N) is 1. The summed E-state index contributed by atoms with van der Waals surface area (Å²) in [6.45, 7) is 1.94. The van der Waals surface area contributed by atoms with Crippen LogP contribution in [-0.2, 0) is 6.54 Å². The van der Waals surface area contributed by atoms with E-state index in [1.165, 1.54) is 18.3 Å². The Bertz CT molecular complexity index is 361. The Hall–Kier alpha value is -0.950. The van der Waals surface area contributed by atoms with Crippen LogP contribution in [-0.4, -0.2) is 40.0 Å². The zero-order valence-corrected chi connectivity index (χ0v) is 9.75. The van der Waals surface area contributed by atoms with Gasteiger partial charge in [0.1, 0.15) is 4.88 Å². The van der Waals surface area contributed by atoms with E-state index in [2.05, 4.69) is 5.32 Å². The molecule has 0 radical (unpaired) electrons. The normalized spacial score (nSPS) is 14.7. The highest BCUT2D eigenvalue weighted by atomic mass is 32.1. The van der Waals surface area contributed by atoms with Crippen LogP contribution in [0, 0.1) is 0 Å². The van der Waals surface area contributed by atoms with Crippen LogP contribution in [0.5, 0.6) is 0 Å². The van der Waals surface area contributed by atoms with Gasteiger partial charge in [-0.15, -0.1) is 11.3 Å². The van der Waals surface area contributed by atoms with Crippen molar-refractivity contribution in [1.82, 2.24) is 5.32 Å². The van der Waals surface area contributed by atoms with Crippen molar-refractivity contribution in [2.75, 3.05) is 13.2 Å². The molecule has 0 aliphatic carbocycles. The smallest absolute Gasteiger partial charge is 0.345 e. The van der Waals surface area contributed by atoms with Crippen molar-refractivity contribution in [3.63, 3.8) is 0 Å². The van der Waals surface area contributed by atoms with E-state index < -0.39 is 11.6 Å². The van der Waals surface area contributed by atoms with Crippen LogP contribution in [0.2, 0.25) is 0 Å². The van der Waals surface area contributed by atoms with E-state index in [1.807, 2.05) is 0 Å². The summed E-state index contributed by atoms with van der Waals surface area (Å²) in [5.74, 6) is -0.932. The minimum absolute atomic E-state index is 0.254. The number of aromatic carboxylic acids is 1. The van der Waals surface area contributed by atoms with Crippen molar-refractivity contribution in [2.24, 2.45) is 0 Å². The van der Waals surface area contributed by atoms with E-state index in [1.54, 1.807) is 12.1 Å². The summed E-state index contributed by atoms with van der Waals surface area (Å²) in [5, 5.41) is 30.0. The third-order valence-corrected chi connectivity index (χ3v) is 3.09. The van der Waals surface area contributed by atoms with E-state index in [0.29, 0.717) is 11.4 Å². The number of thiophene rings is 1. The van der Waals surface area contributed by atoms with Gasteiger partial charge in [-0.05, 0) is 19.1 Å². The van der Waals surface area contributed by atoms with E-state index in [0.717, 1.165) is 4.88 Å². The fourth-order valence-corrected chi connectivity index (χ4v) is 1.91. The van der Waals surface area contributed by atoms with Crippen molar-refractivity contribution >= 4 is 17.3 Å². The molecule has 0 aromatic carbocycles. The maximum Gasteiger partial charge on any atom is 0.345 e. The first kappa shape index (κ1) is 13.1. The Morgan fingerprint density at radius 2 is 2.25 bits per heavy atom. The molecular formula is C10H15NO4S.